The number of pyridine rings is 2. The zero-order valence-electron chi connectivity index (χ0n) is 21.8. The van der Waals surface area contributed by atoms with Crippen LogP contribution < -0.4 is 20.7 Å². The lowest BCUT2D eigenvalue weighted by atomic mass is 10.1. The molecule has 2 aliphatic rings. The quantitative estimate of drug-likeness (QED) is 0.453. The van der Waals surface area contributed by atoms with E-state index < -0.39 is 11.7 Å². The van der Waals surface area contributed by atoms with Gasteiger partial charge in [-0.1, -0.05) is 0 Å². The maximum absolute atomic E-state index is 13.9. The van der Waals surface area contributed by atoms with Gasteiger partial charge in [-0.25, -0.2) is 15.0 Å². The van der Waals surface area contributed by atoms with Gasteiger partial charge in [0, 0.05) is 56.1 Å². The molecule has 1 atom stereocenters. The Balaban J connectivity index is 1.41. The number of nitrogen functional groups attached to an aromatic ring is 1. The van der Waals surface area contributed by atoms with E-state index in [0.29, 0.717) is 49.7 Å². The van der Waals surface area contributed by atoms with Crippen molar-refractivity contribution in [2.75, 3.05) is 55.3 Å². The van der Waals surface area contributed by atoms with Crippen LogP contribution in [-0.4, -0.2) is 76.4 Å². The van der Waals surface area contributed by atoms with Crippen molar-refractivity contribution in [2.24, 2.45) is 0 Å². The summed E-state index contributed by atoms with van der Waals surface area (Å²) in [7, 11) is 0. The largest absolute Gasteiger partial charge is 0.473 e. The molecule has 2 fully saturated rings. The van der Waals surface area contributed by atoms with Crippen molar-refractivity contribution in [3.8, 4) is 17.1 Å². The molecule has 0 amide bonds. The molecule has 2 saturated heterocycles. The molecule has 0 saturated carbocycles. The molecule has 0 aromatic carbocycles. The van der Waals surface area contributed by atoms with Crippen LogP contribution in [0.25, 0.3) is 11.3 Å². The minimum absolute atomic E-state index is 0.0673. The Labute approximate surface area is 224 Å². The maximum atomic E-state index is 13.9. The number of nitrogens with zero attached hydrogens (tertiary/aromatic N) is 6. The van der Waals surface area contributed by atoms with E-state index in [0.717, 1.165) is 31.8 Å². The Morgan fingerprint density at radius 2 is 1.87 bits per heavy atom. The summed E-state index contributed by atoms with van der Waals surface area (Å²) in [5, 5.41) is 3.14. The van der Waals surface area contributed by atoms with Crippen molar-refractivity contribution < 1.29 is 22.6 Å². The molecule has 5 heterocycles. The number of halogens is 3. The molecule has 3 aromatic rings. The van der Waals surface area contributed by atoms with E-state index in [4.69, 9.17) is 15.2 Å². The maximum Gasteiger partial charge on any atom is 0.417 e. The van der Waals surface area contributed by atoms with Crippen LogP contribution in [0.4, 0.5) is 36.4 Å². The predicted octanol–water partition coefficient (Wildman–Crippen LogP) is 3.98. The summed E-state index contributed by atoms with van der Waals surface area (Å²) in [6.07, 6.45) is -0.934. The lowest BCUT2D eigenvalue weighted by molar-refractivity contribution is -0.137. The molecule has 0 spiro atoms. The highest BCUT2D eigenvalue weighted by atomic mass is 19.4. The molecule has 2 aliphatic heterocycles. The lowest BCUT2D eigenvalue weighted by Crippen LogP contribution is -2.37. The average Bonchev–Trinajstić information content (AvgIpc) is 3.38. The van der Waals surface area contributed by atoms with Crippen molar-refractivity contribution in [3.05, 3.63) is 42.2 Å². The van der Waals surface area contributed by atoms with E-state index in [1.165, 1.54) is 6.07 Å². The van der Waals surface area contributed by atoms with Gasteiger partial charge < -0.3 is 25.4 Å². The SMILES string of the molecule is CC(C)N1CCC(Oc2ccc(Nc3cc(-c4cnc(N)cc4C(F)(F)F)nc(N4CCOCC4)n3)cn2)C1. The molecule has 0 bridgehead atoms. The number of hydrogen-bond acceptors (Lipinski definition) is 10. The summed E-state index contributed by atoms with van der Waals surface area (Å²) in [4.78, 5) is 21.6. The Kier molecular flexibility index (Phi) is 7.71. The normalized spacial score (nSPS) is 18.5. The molecule has 10 nitrogen and oxygen atoms in total. The Morgan fingerprint density at radius 3 is 2.54 bits per heavy atom. The number of alkyl halides is 3. The summed E-state index contributed by atoms with van der Waals surface area (Å²) in [5.74, 6) is 0.878. The van der Waals surface area contributed by atoms with Crippen molar-refractivity contribution in [3.63, 3.8) is 0 Å². The Bertz CT molecular complexity index is 1280. The molecular weight excluding hydrogens is 513 g/mol. The van der Waals surface area contributed by atoms with Gasteiger partial charge in [-0.3, -0.25) is 4.90 Å². The molecule has 3 aromatic heterocycles. The fourth-order valence-electron chi connectivity index (χ4n) is 4.61. The monoisotopic (exact) mass is 544 g/mol. The smallest absolute Gasteiger partial charge is 0.417 e. The molecule has 39 heavy (non-hydrogen) atoms. The van der Waals surface area contributed by atoms with Crippen molar-refractivity contribution in [1.29, 1.82) is 0 Å². The van der Waals surface area contributed by atoms with Crippen LogP contribution in [0.3, 0.4) is 0 Å². The average molecular weight is 545 g/mol. The van der Waals surface area contributed by atoms with Gasteiger partial charge in [-0.2, -0.15) is 18.2 Å². The number of ether oxygens (including phenoxy) is 2. The Morgan fingerprint density at radius 1 is 1.08 bits per heavy atom. The third-order valence-electron chi connectivity index (χ3n) is 6.72. The van der Waals surface area contributed by atoms with Gasteiger partial charge in [-0.15, -0.1) is 0 Å². The minimum Gasteiger partial charge on any atom is -0.473 e. The van der Waals surface area contributed by atoms with Gasteiger partial charge in [-0.05, 0) is 32.4 Å². The Hall–Kier alpha value is -3.71. The number of likely N-dealkylation sites (tertiary alicyclic amines) is 1. The number of hydrogen-bond donors (Lipinski definition) is 2. The first-order valence-corrected chi connectivity index (χ1v) is 12.8. The van der Waals surface area contributed by atoms with Crippen LogP contribution in [0.5, 0.6) is 5.88 Å². The zero-order chi connectivity index (χ0) is 27.6. The van der Waals surface area contributed by atoms with E-state index in [-0.39, 0.29) is 29.1 Å². The van der Waals surface area contributed by atoms with Crippen LogP contribution >= 0.6 is 0 Å². The van der Waals surface area contributed by atoms with E-state index >= 15 is 0 Å². The van der Waals surface area contributed by atoms with E-state index in [9.17, 15) is 13.2 Å². The molecular formula is C26H31F3N8O2. The second kappa shape index (κ2) is 11.2. The number of rotatable bonds is 7. The molecule has 0 radical (unpaired) electrons. The molecule has 5 rings (SSSR count). The van der Waals surface area contributed by atoms with Crippen LogP contribution in [-0.2, 0) is 10.9 Å². The number of aromatic nitrogens is 4. The summed E-state index contributed by atoms with van der Waals surface area (Å²) < 4.78 is 53.1. The van der Waals surface area contributed by atoms with Gasteiger partial charge in [0.05, 0.1) is 36.4 Å². The highest BCUT2D eigenvalue weighted by Gasteiger charge is 2.35. The summed E-state index contributed by atoms with van der Waals surface area (Å²) in [5.41, 5.74) is 5.13. The number of nitrogens with one attached hydrogen (secondary N) is 1. The number of morpholine rings is 1. The van der Waals surface area contributed by atoms with Crippen LogP contribution in [0, 0.1) is 0 Å². The fraction of sp³-hybridized carbons (Fsp3) is 0.462. The van der Waals surface area contributed by atoms with Crippen LogP contribution in [0.2, 0.25) is 0 Å². The standard InChI is InChI=1S/C26H31F3N8O2/c1-16(2)37-6-5-18(15-37)39-24-4-3-17(13-32-24)33-23-12-21(34-25(35-23)36-7-9-38-10-8-36)19-14-31-22(30)11-20(19)26(27,28)29/h3-4,11-14,16,18H,5-10,15H2,1-2H3,(H2,30,31)(H,33,34,35). The number of nitrogens with two attached hydrogens (primary N) is 1. The van der Waals surface area contributed by atoms with Crippen LogP contribution in [0.15, 0.2) is 36.7 Å². The van der Waals surface area contributed by atoms with Gasteiger partial charge in [0.2, 0.25) is 11.8 Å². The highest BCUT2D eigenvalue weighted by molar-refractivity contribution is 5.71. The van der Waals surface area contributed by atoms with Crippen LogP contribution in [0.1, 0.15) is 25.8 Å². The van der Waals surface area contributed by atoms with E-state index in [2.05, 4.69) is 44.0 Å². The molecule has 208 valence electrons. The number of anilines is 4. The first-order valence-electron chi connectivity index (χ1n) is 12.8. The lowest BCUT2D eigenvalue weighted by Gasteiger charge is -2.27. The molecule has 1 unspecified atom stereocenters. The third-order valence-corrected chi connectivity index (χ3v) is 6.72. The van der Waals surface area contributed by atoms with Gasteiger partial charge >= 0.3 is 6.18 Å². The first-order chi connectivity index (χ1) is 18.7. The van der Waals surface area contributed by atoms with E-state index in [1.807, 2.05) is 4.90 Å². The summed E-state index contributed by atoms with van der Waals surface area (Å²) >= 11 is 0. The second-order valence-corrected chi connectivity index (χ2v) is 9.82. The summed E-state index contributed by atoms with van der Waals surface area (Å²) in [6, 6.07) is 6.29. The first kappa shape index (κ1) is 26.9. The van der Waals surface area contributed by atoms with Gasteiger partial charge in [0.1, 0.15) is 17.7 Å². The predicted molar refractivity (Wildman–Crippen MR) is 141 cm³/mol. The zero-order valence-corrected chi connectivity index (χ0v) is 21.8. The van der Waals surface area contributed by atoms with Crippen molar-refractivity contribution in [2.45, 2.75) is 38.6 Å². The van der Waals surface area contributed by atoms with Gasteiger partial charge in [0.25, 0.3) is 0 Å². The fourth-order valence-corrected chi connectivity index (χ4v) is 4.61. The van der Waals surface area contributed by atoms with Crippen molar-refractivity contribution >= 4 is 23.3 Å². The molecule has 13 heteroatoms. The molecule has 0 aliphatic carbocycles. The topological polar surface area (TPSA) is 115 Å². The molecule has 3 N–H and O–H groups in total. The summed E-state index contributed by atoms with van der Waals surface area (Å²) in [6.45, 7) is 8.13. The van der Waals surface area contributed by atoms with Crippen molar-refractivity contribution in [1.82, 2.24) is 24.8 Å². The minimum atomic E-state index is -4.64. The van der Waals surface area contributed by atoms with Gasteiger partial charge in [0.15, 0.2) is 0 Å². The third kappa shape index (κ3) is 6.48. The second-order valence-electron chi connectivity index (χ2n) is 9.82. The van der Waals surface area contributed by atoms with E-state index in [1.54, 1.807) is 18.3 Å². The highest BCUT2D eigenvalue weighted by Crippen LogP contribution is 2.38.